The number of imide groups is 1. The van der Waals surface area contributed by atoms with Gasteiger partial charge in [-0.05, 0) is 70.1 Å². The van der Waals surface area contributed by atoms with Gasteiger partial charge in [-0.1, -0.05) is 0 Å². The molecule has 3 amide bonds. The molecule has 0 aromatic rings. The molecular formula is C19H28N2O6. The first-order chi connectivity index (χ1) is 12.8. The van der Waals surface area contributed by atoms with E-state index in [1.54, 1.807) is 13.8 Å². The van der Waals surface area contributed by atoms with Crippen LogP contribution in [-0.2, 0) is 23.9 Å². The molecule has 0 spiro atoms. The topological polar surface area (TPSA) is 111 Å². The van der Waals surface area contributed by atoms with Crippen LogP contribution in [0.1, 0.15) is 52.4 Å². The number of hydrogen-bond acceptors (Lipinski definition) is 6. The Balaban J connectivity index is 1.46. The Bertz CT molecular complexity index is 596. The molecule has 1 atom stereocenters. The minimum atomic E-state index is -0.887. The second-order valence-electron chi connectivity index (χ2n) is 8.27. The van der Waals surface area contributed by atoms with E-state index in [2.05, 4.69) is 10.1 Å². The van der Waals surface area contributed by atoms with E-state index in [1.165, 1.54) is 19.3 Å². The zero-order chi connectivity index (χ0) is 19.6. The predicted octanol–water partition coefficient (Wildman–Crippen LogP) is 1.52. The normalized spacial score (nSPS) is 31.7. The standard InChI is InChI=1S/C19H28N2O6/c1-3-26-18(25)21-15(22)10-27-16(23)11(2)20-17(24)19-7-12-4-13(8-19)6-14(5-12)9-19/h11-14H,3-10H2,1-2H3,(H,20,24)(H,21,22,25)/t11-,12?,13?,14?,19?/m0/s1. The second-order valence-corrected chi connectivity index (χ2v) is 8.27. The van der Waals surface area contributed by atoms with Crippen LogP contribution in [0.2, 0.25) is 0 Å². The van der Waals surface area contributed by atoms with E-state index in [0.717, 1.165) is 19.3 Å². The highest BCUT2D eigenvalue weighted by Gasteiger charge is 2.54. The van der Waals surface area contributed by atoms with Gasteiger partial charge in [-0.25, -0.2) is 9.59 Å². The molecule has 4 bridgehead atoms. The smallest absolute Gasteiger partial charge is 0.413 e. The lowest BCUT2D eigenvalue weighted by atomic mass is 9.49. The van der Waals surface area contributed by atoms with Crippen LogP contribution in [0.5, 0.6) is 0 Å². The number of nitrogens with one attached hydrogen (secondary N) is 2. The van der Waals surface area contributed by atoms with Gasteiger partial charge in [0.1, 0.15) is 6.04 Å². The Morgan fingerprint density at radius 1 is 1.00 bits per heavy atom. The van der Waals surface area contributed by atoms with Crippen LogP contribution < -0.4 is 10.6 Å². The van der Waals surface area contributed by atoms with Crippen LogP contribution in [-0.4, -0.2) is 43.1 Å². The quantitative estimate of drug-likeness (QED) is 0.676. The zero-order valence-corrected chi connectivity index (χ0v) is 15.9. The van der Waals surface area contributed by atoms with Crippen LogP contribution >= 0.6 is 0 Å². The lowest BCUT2D eigenvalue weighted by Gasteiger charge is -2.55. The minimum Gasteiger partial charge on any atom is -0.454 e. The fourth-order valence-electron chi connectivity index (χ4n) is 5.38. The number of carbonyl (C=O) groups is 4. The maximum atomic E-state index is 12.9. The van der Waals surface area contributed by atoms with Gasteiger partial charge in [-0.3, -0.25) is 14.9 Å². The summed E-state index contributed by atoms with van der Waals surface area (Å²) in [6.45, 7) is 2.68. The largest absolute Gasteiger partial charge is 0.454 e. The molecule has 8 heteroatoms. The average molecular weight is 380 g/mol. The van der Waals surface area contributed by atoms with Gasteiger partial charge in [0.15, 0.2) is 6.61 Å². The second kappa shape index (κ2) is 7.86. The van der Waals surface area contributed by atoms with Gasteiger partial charge in [0.2, 0.25) is 5.91 Å². The third kappa shape index (κ3) is 4.42. The summed E-state index contributed by atoms with van der Waals surface area (Å²) in [5, 5.41) is 4.72. The van der Waals surface area contributed by atoms with Crippen molar-refractivity contribution in [2.75, 3.05) is 13.2 Å². The highest BCUT2D eigenvalue weighted by molar-refractivity contribution is 5.94. The lowest BCUT2D eigenvalue weighted by molar-refractivity contribution is -0.155. The monoisotopic (exact) mass is 380 g/mol. The third-order valence-corrected chi connectivity index (χ3v) is 6.08. The minimum absolute atomic E-state index is 0.0676. The summed E-state index contributed by atoms with van der Waals surface area (Å²) in [7, 11) is 0. The molecule has 0 heterocycles. The van der Waals surface area contributed by atoms with Crippen LogP contribution in [0.15, 0.2) is 0 Å². The Morgan fingerprint density at radius 3 is 2.07 bits per heavy atom. The summed E-state index contributed by atoms with van der Waals surface area (Å²) in [5.41, 5.74) is -0.343. The Morgan fingerprint density at radius 2 is 1.56 bits per heavy atom. The molecule has 0 aromatic heterocycles. The molecule has 0 saturated heterocycles. The van der Waals surface area contributed by atoms with Gasteiger partial charge in [-0.15, -0.1) is 0 Å². The van der Waals surface area contributed by atoms with Gasteiger partial charge < -0.3 is 14.8 Å². The molecule has 27 heavy (non-hydrogen) atoms. The lowest BCUT2D eigenvalue weighted by Crippen LogP contribution is -2.56. The van der Waals surface area contributed by atoms with Gasteiger partial charge >= 0.3 is 12.1 Å². The first-order valence-corrected chi connectivity index (χ1v) is 9.75. The SMILES string of the molecule is CCOC(=O)NC(=O)COC(=O)[C@H](C)NC(=O)C12CC3CC(CC(C3)C1)C2. The van der Waals surface area contributed by atoms with Crippen molar-refractivity contribution in [2.45, 2.75) is 58.4 Å². The Labute approximate surface area is 158 Å². The van der Waals surface area contributed by atoms with Crippen molar-refractivity contribution in [3.63, 3.8) is 0 Å². The number of rotatable bonds is 6. The van der Waals surface area contributed by atoms with Crippen molar-refractivity contribution in [3.8, 4) is 0 Å². The third-order valence-electron chi connectivity index (χ3n) is 6.08. The van der Waals surface area contributed by atoms with Gasteiger partial charge in [0.25, 0.3) is 5.91 Å². The van der Waals surface area contributed by atoms with Crippen molar-refractivity contribution in [2.24, 2.45) is 23.2 Å². The first kappa shape index (κ1) is 19.6. The predicted molar refractivity (Wildman–Crippen MR) is 94.3 cm³/mol. The number of carbonyl (C=O) groups excluding carboxylic acids is 4. The molecule has 0 radical (unpaired) electrons. The number of ether oxygens (including phenoxy) is 2. The van der Waals surface area contributed by atoms with Crippen LogP contribution in [0, 0.1) is 23.2 Å². The average Bonchev–Trinajstić information content (AvgIpc) is 2.58. The number of alkyl carbamates (subject to hydrolysis) is 1. The highest BCUT2D eigenvalue weighted by atomic mass is 16.6. The van der Waals surface area contributed by atoms with Crippen molar-refractivity contribution >= 4 is 23.9 Å². The maximum Gasteiger partial charge on any atom is 0.413 e. The van der Waals surface area contributed by atoms with E-state index < -0.39 is 30.6 Å². The molecule has 0 aliphatic heterocycles. The number of amides is 3. The molecule has 4 fully saturated rings. The molecule has 4 saturated carbocycles. The molecule has 0 unspecified atom stereocenters. The maximum absolute atomic E-state index is 12.9. The van der Waals surface area contributed by atoms with E-state index >= 15 is 0 Å². The van der Waals surface area contributed by atoms with Gasteiger partial charge in [0.05, 0.1) is 6.61 Å². The van der Waals surface area contributed by atoms with Crippen LogP contribution in [0.4, 0.5) is 4.79 Å². The van der Waals surface area contributed by atoms with Gasteiger partial charge in [0, 0.05) is 5.41 Å². The van der Waals surface area contributed by atoms with Crippen molar-refractivity contribution in [1.29, 1.82) is 0 Å². The molecular weight excluding hydrogens is 352 g/mol. The van der Waals surface area contributed by atoms with Crippen LogP contribution in [0.3, 0.4) is 0 Å². The number of hydrogen-bond donors (Lipinski definition) is 2. The molecule has 2 N–H and O–H groups in total. The summed E-state index contributed by atoms with van der Waals surface area (Å²) in [5.74, 6) is 0.359. The number of esters is 1. The fourth-order valence-corrected chi connectivity index (χ4v) is 5.38. The molecule has 8 nitrogen and oxygen atoms in total. The zero-order valence-electron chi connectivity index (χ0n) is 15.9. The Kier molecular flexibility index (Phi) is 5.72. The molecule has 0 aromatic carbocycles. The molecule has 4 aliphatic rings. The first-order valence-electron chi connectivity index (χ1n) is 9.75. The summed E-state index contributed by atoms with van der Waals surface area (Å²) in [4.78, 5) is 47.7. The van der Waals surface area contributed by atoms with Crippen molar-refractivity contribution in [1.82, 2.24) is 10.6 Å². The molecule has 4 rings (SSSR count). The van der Waals surface area contributed by atoms with E-state index in [4.69, 9.17) is 4.74 Å². The van der Waals surface area contributed by atoms with Crippen LogP contribution in [0.25, 0.3) is 0 Å². The van der Waals surface area contributed by atoms with Crippen molar-refractivity contribution < 1.29 is 28.7 Å². The van der Waals surface area contributed by atoms with E-state index in [-0.39, 0.29) is 17.9 Å². The Hall–Kier alpha value is -2.12. The summed E-state index contributed by atoms with van der Waals surface area (Å²) < 4.78 is 9.46. The van der Waals surface area contributed by atoms with Crippen molar-refractivity contribution in [3.05, 3.63) is 0 Å². The fraction of sp³-hybridized carbons (Fsp3) is 0.789. The van der Waals surface area contributed by atoms with E-state index in [1.807, 2.05) is 5.32 Å². The molecule has 4 aliphatic carbocycles. The van der Waals surface area contributed by atoms with Gasteiger partial charge in [-0.2, -0.15) is 0 Å². The summed E-state index contributed by atoms with van der Waals surface area (Å²) >= 11 is 0. The van der Waals surface area contributed by atoms with E-state index in [9.17, 15) is 19.2 Å². The van der Waals surface area contributed by atoms with E-state index in [0.29, 0.717) is 17.8 Å². The highest BCUT2D eigenvalue weighted by Crippen LogP contribution is 2.60. The molecule has 150 valence electrons. The summed E-state index contributed by atoms with van der Waals surface area (Å²) in [6.07, 6.45) is 5.55. The summed E-state index contributed by atoms with van der Waals surface area (Å²) in [6, 6.07) is -0.846.